The van der Waals surface area contributed by atoms with Crippen LogP contribution in [-0.2, 0) is 84.8 Å². The van der Waals surface area contributed by atoms with Gasteiger partial charge in [-0.05, 0) is 93.3 Å². The fraction of sp³-hybridized carbons (Fsp3) is 0.629. The number of aliphatic carboxylic acids is 3. The number of aromatic nitrogens is 3. The van der Waals surface area contributed by atoms with Crippen LogP contribution in [0.25, 0.3) is 10.9 Å². The Labute approximate surface area is 636 Å². The Morgan fingerprint density at radius 2 is 1.08 bits per heavy atom. The average molecular weight is 1550 g/mol. The van der Waals surface area contributed by atoms with Crippen molar-refractivity contribution in [1.82, 2.24) is 87.7 Å². The van der Waals surface area contributed by atoms with Crippen molar-refractivity contribution in [2.45, 2.75) is 147 Å². The van der Waals surface area contributed by atoms with Crippen LogP contribution in [0.2, 0.25) is 0 Å². The van der Waals surface area contributed by atoms with Crippen molar-refractivity contribution in [3.8, 4) is 0 Å². The predicted octanol–water partition coefficient (Wildman–Crippen LogP) is -4.75. The third-order valence-corrected chi connectivity index (χ3v) is 19.4. The molecule has 2 fully saturated rings. The first kappa shape index (κ1) is 89.8. The van der Waals surface area contributed by atoms with E-state index in [9.17, 15) is 87.2 Å². The van der Waals surface area contributed by atoms with Gasteiger partial charge in [0.15, 0.2) is 0 Å². The number of benzene rings is 1. The van der Waals surface area contributed by atoms with Gasteiger partial charge < -0.3 is 95.7 Å². The van der Waals surface area contributed by atoms with Crippen LogP contribution >= 0.6 is 11.8 Å². The summed E-state index contributed by atoms with van der Waals surface area (Å²) in [5.41, 5.74) is 18.8. The van der Waals surface area contributed by atoms with E-state index >= 15 is 0 Å². The number of amides is 12. The van der Waals surface area contributed by atoms with Gasteiger partial charge in [-0.2, -0.15) is 11.8 Å². The zero-order valence-corrected chi connectivity index (χ0v) is 63.5. The second-order valence-corrected chi connectivity index (χ2v) is 29.3. The van der Waals surface area contributed by atoms with E-state index in [1.54, 1.807) is 63.9 Å². The maximum atomic E-state index is 14.5. The fourth-order valence-electron chi connectivity index (χ4n) is 12.6. The number of nitrogens with zero attached hydrogens (tertiary/aromatic N) is 5. The molecule has 3 heterocycles. The molecule has 1 saturated carbocycles. The molecule has 1 unspecified atom stereocenters. The Bertz CT molecular complexity index is 3540. The van der Waals surface area contributed by atoms with Crippen molar-refractivity contribution in [3.05, 3.63) is 54.2 Å². The van der Waals surface area contributed by atoms with Crippen LogP contribution in [0.3, 0.4) is 0 Å². The Kier molecular flexibility index (Phi) is 37.8. The summed E-state index contributed by atoms with van der Waals surface area (Å²) in [6.07, 6.45) is 7.29. The molecule has 1 aliphatic heterocycles. The van der Waals surface area contributed by atoms with Gasteiger partial charge in [0.2, 0.25) is 70.9 Å². The number of primary amides is 2. The maximum Gasteiger partial charge on any atom is 0.317 e. The van der Waals surface area contributed by atoms with E-state index in [-0.39, 0.29) is 135 Å². The van der Waals surface area contributed by atoms with Crippen molar-refractivity contribution in [2.75, 3.05) is 110 Å². The van der Waals surface area contributed by atoms with E-state index in [0.29, 0.717) is 53.6 Å². The molecule has 12 amide bonds. The molecule has 5 rings (SSSR count). The van der Waals surface area contributed by atoms with E-state index < -0.39 is 163 Å². The number of hydrogen-bond donors (Lipinski definition) is 18. The summed E-state index contributed by atoms with van der Waals surface area (Å²) in [7, 11) is 0. The quantitative estimate of drug-likeness (QED) is 0.0253. The first-order chi connectivity index (χ1) is 51.7. The molecule has 3 aromatic rings. The Hall–Kier alpha value is -9.83. The van der Waals surface area contributed by atoms with Gasteiger partial charge in [-0.1, -0.05) is 45.9 Å². The van der Waals surface area contributed by atoms with Crippen molar-refractivity contribution in [2.24, 2.45) is 40.9 Å². The number of carbonyl (C=O) groups is 15. The molecule has 38 nitrogen and oxygen atoms in total. The zero-order chi connectivity index (χ0) is 80.4. The van der Waals surface area contributed by atoms with Gasteiger partial charge in [0.05, 0.1) is 39.1 Å². The Morgan fingerprint density at radius 3 is 1.61 bits per heavy atom. The van der Waals surface area contributed by atoms with E-state index in [0.717, 1.165) is 0 Å². The largest absolute Gasteiger partial charge is 0.480 e. The summed E-state index contributed by atoms with van der Waals surface area (Å²) in [6, 6.07) is -3.50. The van der Waals surface area contributed by atoms with Crippen molar-refractivity contribution in [3.63, 3.8) is 0 Å². The van der Waals surface area contributed by atoms with Crippen LogP contribution in [-0.4, -0.2) is 297 Å². The minimum atomic E-state index is -1.55. The minimum absolute atomic E-state index is 0.0397. The van der Waals surface area contributed by atoms with Crippen LogP contribution < -0.4 is 70.4 Å². The second-order valence-electron chi connectivity index (χ2n) is 28.3. The molecule has 21 N–H and O–H groups in total. The second kappa shape index (κ2) is 45.9. The molecule has 0 radical (unpaired) electrons. The number of nitrogens with one attached hydrogen (secondary N) is 12. The normalized spacial score (nSPS) is 17.9. The van der Waals surface area contributed by atoms with Crippen LogP contribution in [0, 0.1) is 23.7 Å². The standard InChI is InChI=1S/C70H110N20O18S/c1-40(2)27-51(67(105)81-49(62(73)100)17-26-109-6)83-68(106)53(29-46-33-74-39-78-46)80-56(92)34-77-70(108)61(41(3)4)86-63(101)42(5)79-66(104)52(28-45-32-75-48-10-8-7-9-47(45)48)84-65(103)50(15-16-55(72)91)82-69(107)54(30-71)85-64(102)44-13-11-43(12-14-44)31-76-57(93)35-87-18-20-88(36-58(94)95)22-24-90(38-60(98)99)25-23-89(21-19-87)37-59(96)97/h7-10,32-33,39-44,49-54,61,75H,11-31,34-38,71H2,1-6H3,(H2,72,91)(H2,73,100)(H,74,78)(H,76,93)(H,77,108)(H,79,104)(H,80,92)(H,81,105)(H,82,107)(H,83,106)(H,84,103)(H,85,102)(H,86,101)(H,94,95)(H,96,97)(H,98,99)/t42-,43?,44?,49-,50-,51-,52-,53-,54?,61-/m0/s1. The number of carboxylic acid groups (broad SMARTS) is 3. The number of thioether (sulfide) groups is 1. The van der Waals surface area contributed by atoms with Crippen molar-refractivity contribution >= 4 is 111 Å². The van der Waals surface area contributed by atoms with Crippen LogP contribution in [0.15, 0.2) is 43.0 Å². The SMILES string of the molecule is CSCC[C@H](NC(=O)[C@H](CC(C)C)NC(=O)[C@H](Cc1cnc[nH]1)NC(=O)CNC(=O)[C@@H](NC(=O)[C@H](C)NC(=O)[C@H](Cc1c[nH]c2ccccc12)NC(=O)[C@H](CCC(N)=O)NC(=O)C(CN)NC(=O)C1CCC(CNC(=O)CN2CCN(CC(=O)O)CCN(CC(=O)O)CCN(CC(=O)O)CC2)CC1)C(C)C)C(N)=O. The predicted molar refractivity (Wildman–Crippen MR) is 400 cm³/mol. The average Bonchev–Trinajstić information content (AvgIpc) is 1.70. The lowest BCUT2D eigenvalue weighted by Crippen LogP contribution is -2.60. The highest BCUT2D eigenvalue weighted by atomic mass is 32.2. The highest BCUT2D eigenvalue weighted by molar-refractivity contribution is 7.98. The highest BCUT2D eigenvalue weighted by Crippen LogP contribution is 2.29. The first-order valence-corrected chi connectivity index (χ1v) is 37.9. The number of hydrogen-bond acceptors (Lipinski definition) is 22. The van der Waals surface area contributed by atoms with Gasteiger partial charge >= 0.3 is 17.9 Å². The maximum absolute atomic E-state index is 14.5. The molecule has 604 valence electrons. The summed E-state index contributed by atoms with van der Waals surface area (Å²) >= 11 is 1.45. The number of rotatable bonds is 43. The molecule has 0 spiro atoms. The molecule has 0 bridgehead atoms. The molecule has 39 heteroatoms. The fourth-order valence-corrected chi connectivity index (χ4v) is 13.1. The lowest BCUT2D eigenvalue weighted by molar-refractivity contribution is -0.140. The number of imidazole rings is 1. The third-order valence-electron chi connectivity index (χ3n) is 18.8. The van der Waals surface area contributed by atoms with Crippen LogP contribution in [0.1, 0.15) is 97.2 Å². The summed E-state index contributed by atoms with van der Waals surface area (Å²) in [5, 5.41) is 55.8. The molecule has 2 aromatic heterocycles. The molecular formula is C70H110N20O18S. The van der Waals surface area contributed by atoms with Crippen LogP contribution in [0.5, 0.6) is 0 Å². The summed E-state index contributed by atoms with van der Waals surface area (Å²) in [4.78, 5) is 216. The lowest BCUT2D eigenvalue weighted by Gasteiger charge is -2.33. The third kappa shape index (κ3) is 32.1. The Balaban J connectivity index is 1.19. The first-order valence-electron chi connectivity index (χ1n) is 36.5. The molecule has 1 aliphatic carbocycles. The van der Waals surface area contributed by atoms with Gasteiger partial charge in [-0.3, -0.25) is 91.5 Å². The van der Waals surface area contributed by atoms with Gasteiger partial charge in [0.1, 0.15) is 48.3 Å². The molecule has 8 atom stereocenters. The zero-order valence-electron chi connectivity index (χ0n) is 62.7. The molecule has 2 aliphatic rings. The number of nitrogens with two attached hydrogens (primary N) is 3. The minimum Gasteiger partial charge on any atom is -0.480 e. The molecule has 1 aromatic carbocycles. The molecule has 109 heavy (non-hydrogen) atoms. The number of carbonyl (C=O) groups excluding carboxylic acids is 12. The molecule has 1 saturated heterocycles. The van der Waals surface area contributed by atoms with E-state index in [4.69, 9.17) is 17.2 Å². The van der Waals surface area contributed by atoms with Crippen LogP contribution in [0.4, 0.5) is 0 Å². The molecular weight excluding hydrogens is 1440 g/mol. The number of carboxylic acids is 3. The van der Waals surface area contributed by atoms with E-state index in [1.165, 1.54) is 31.2 Å². The monoisotopic (exact) mass is 1550 g/mol. The van der Waals surface area contributed by atoms with Gasteiger partial charge in [-0.25, -0.2) is 4.98 Å². The van der Waals surface area contributed by atoms with Gasteiger partial charge in [-0.15, -0.1) is 0 Å². The number of H-pyrrole nitrogens is 2. The van der Waals surface area contributed by atoms with Crippen molar-refractivity contribution in [1.29, 1.82) is 0 Å². The highest BCUT2D eigenvalue weighted by Gasteiger charge is 2.36. The van der Waals surface area contributed by atoms with Gasteiger partial charge in [0.25, 0.3) is 0 Å². The number of aromatic amines is 2. The Morgan fingerprint density at radius 1 is 0.560 bits per heavy atom. The summed E-state index contributed by atoms with van der Waals surface area (Å²) in [6.45, 7) is 8.14. The smallest absolute Gasteiger partial charge is 0.317 e. The summed E-state index contributed by atoms with van der Waals surface area (Å²) < 4.78 is 0. The van der Waals surface area contributed by atoms with Gasteiger partial charge in [0, 0.05) is 120 Å². The number of para-hydroxylation sites is 1. The van der Waals surface area contributed by atoms with E-state index in [2.05, 4.69) is 68.1 Å². The number of fused-ring (bicyclic) bond motifs is 1. The topological polar surface area (TPSA) is 573 Å². The van der Waals surface area contributed by atoms with E-state index in [1.807, 2.05) is 20.1 Å². The summed E-state index contributed by atoms with van der Waals surface area (Å²) in [5.74, 6) is -13.2. The lowest BCUT2D eigenvalue weighted by atomic mass is 9.81. The van der Waals surface area contributed by atoms with Crippen molar-refractivity contribution < 1.29 is 87.2 Å².